The Morgan fingerprint density at radius 2 is 1.78 bits per heavy atom. The summed E-state index contributed by atoms with van der Waals surface area (Å²) in [5.74, 6) is 1.20. The number of thioether (sulfide) groups is 1. The lowest BCUT2D eigenvalue weighted by atomic mass is 10.1. The molecule has 0 aliphatic carbocycles. The number of benzene rings is 2. The summed E-state index contributed by atoms with van der Waals surface area (Å²) in [6.45, 7) is 2.90. The molecule has 0 bridgehead atoms. The van der Waals surface area contributed by atoms with Crippen molar-refractivity contribution in [3.8, 4) is 11.5 Å². The lowest BCUT2D eigenvalue weighted by Crippen LogP contribution is -2.19. The number of amides is 1. The number of halogens is 1. The number of rotatable bonds is 11. The summed E-state index contributed by atoms with van der Waals surface area (Å²) in [7, 11) is 1.62. The van der Waals surface area contributed by atoms with Crippen molar-refractivity contribution in [2.24, 2.45) is 4.99 Å². The number of hydrogen-bond acceptors (Lipinski definition) is 5. The van der Waals surface area contributed by atoms with Gasteiger partial charge in [0.1, 0.15) is 0 Å². The summed E-state index contributed by atoms with van der Waals surface area (Å²) in [4.78, 5) is 17.4. The summed E-state index contributed by atoms with van der Waals surface area (Å²) in [6.07, 6.45) is 9.14. The summed E-state index contributed by atoms with van der Waals surface area (Å²) in [5, 5.41) is 3.98. The van der Waals surface area contributed by atoms with E-state index in [1.807, 2.05) is 24.3 Å². The normalized spacial score (nSPS) is 15.9. The number of unbranched alkanes of at least 4 members (excludes halogenated alkanes) is 5. The number of methoxy groups -OCH3 is 1. The summed E-state index contributed by atoms with van der Waals surface area (Å²) in [5.41, 5.74) is 1.59. The highest BCUT2D eigenvalue weighted by Crippen LogP contribution is 2.32. The van der Waals surface area contributed by atoms with Crippen LogP contribution in [0.25, 0.3) is 6.08 Å². The van der Waals surface area contributed by atoms with Crippen LogP contribution in [0.4, 0.5) is 5.69 Å². The van der Waals surface area contributed by atoms with Crippen LogP contribution >= 0.6 is 23.4 Å². The minimum atomic E-state index is -0.176. The molecule has 1 fully saturated rings. The van der Waals surface area contributed by atoms with Gasteiger partial charge >= 0.3 is 0 Å². The number of amidine groups is 1. The van der Waals surface area contributed by atoms with Crippen LogP contribution in [-0.2, 0) is 4.79 Å². The molecule has 1 N–H and O–H groups in total. The molecule has 0 atom stereocenters. The highest BCUT2D eigenvalue weighted by molar-refractivity contribution is 8.18. The topological polar surface area (TPSA) is 59.9 Å². The Hall–Kier alpha value is -2.44. The Morgan fingerprint density at radius 1 is 1.03 bits per heavy atom. The van der Waals surface area contributed by atoms with E-state index in [2.05, 4.69) is 17.2 Å². The highest BCUT2D eigenvalue weighted by atomic mass is 35.5. The van der Waals surface area contributed by atoms with E-state index in [1.165, 1.54) is 43.9 Å². The molecule has 2 aromatic rings. The Labute approximate surface area is 199 Å². The SMILES string of the molecule is CCCCCCCCOc1ccc(/C=C2/SC(=Nc3ccc(Cl)cc3)NC2=O)cc1OC. The first-order valence-electron chi connectivity index (χ1n) is 10.9. The summed E-state index contributed by atoms with van der Waals surface area (Å²) < 4.78 is 11.4. The second-order valence-corrected chi connectivity index (χ2v) is 8.95. The van der Waals surface area contributed by atoms with Crippen molar-refractivity contribution in [2.75, 3.05) is 13.7 Å². The molecule has 1 aliphatic heterocycles. The Morgan fingerprint density at radius 3 is 2.53 bits per heavy atom. The highest BCUT2D eigenvalue weighted by Gasteiger charge is 2.24. The van der Waals surface area contributed by atoms with Crippen LogP contribution in [0.2, 0.25) is 5.02 Å². The van der Waals surface area contributed by atoms with E-state index < -0.39 is 0 Å². The Kier molecular flexibility index (Phi) is 9.50. The fraction of sp³-hybridized carbons (Fsp3) is 0.360. The Balaban J connectivity index is 1.60. The Bertz CT molecular complexity index is 974. The van der Waals surface area contributed by atoms with E-state index in [4.69, 9.17) is 21.1 Å². The van der Waals surface area contributed by atoms with Gasteiger partial charge in [0.2, 0.25) is 0 Å². The van der Waals surface area contributed by atoms with Crippen molar-refractivity contribution in [3.05, 3.63) is 58.0 Å². The smallest absolute Gasteiger partial charge is 0.264 e. The molecule has 7 heteroatoms. The molecule has 0 radical (unpaired) electrons. The van der Waals surface area contributed by atoms with Crippen molar-refractivity contribution in [3.63, 3.8) is 0 Å². The first kappa shape index (κ1) is 24.2. The lowest BCUT2D eigenvalue weighted by Gasteiger charge is -2.11. The zero-order valence-electron chi connectivity index (χ0n) is 18.5. The predicted octanol–water partition coefficient (Wildman–Crippen LogP) is 6.98. The van der Waals surface area contributed by atoms with Gasteiger partial charge in [0.25, 0.3) is 5.91 Å². The lowest BCUT2D eigenvalue weighted by molar-refractivity contribution is -0.115. The van der Waals surface area contributed by atoms with Crippen LogP contribution in [0.1, 0.15) is 51.0 Å². The number of ether oxygens (including phenoxy) is 2. The van der Waals surface area contributed by atoms with Crippen molar-refractivity contribution in [2.45, 2.75) is 45.4 Å². The molecule has 1 aliphatic rings. The second-order valence-electron chi connectivity index (χ2n) is 7.48. The van der Waals surface area contributed by atoms with Gasteiger partial charge in [-0.2, -0.15) is 0 Å². The molecule has 0 unspecified atom stereocenters. The monoisotopic (exact) mass is 472 g/mol. The van der Waals surface area contributed by atoms with Crippen LogP contribution in [0.3, 0.4) is 0 Å². The first-order valence-corrected chi connectivity index (χ1v) is 12.1. The molecule has 170 valence electrons. The van der Waals surface area contributed by atoms with Crippen LogP contribution in [0.5, 0.6) is 11.5 Å². The zero-order chi connectivity index (χ0) is 22.8. The molecule has 0 spiro atoms. The molecule has 2 aromatic carbocycles. The van der Waals surface area contributed by atoms with Crippen LogP contribution in [-0.4, -0.2) is 24.8 Å². The van der Waals surface area contributed by atoms with Gasteiger partial charge in [0, 0.05) is 5.02 Å². The van der Waals surface area contributed by atoms with E-state index in [-0.39, 0.29) is 5.91 Å². The quantitative estimate of drug-likeness (QED) is 0.283. The van der Waals surface area contributed by atoms with E-state index >= 15 is 0 Å². The maximum Gasteiger partial charge on any atom is 0.264 e. The molecule has 0 aromatic heterocycles. The average Bonchev–Trinajstić information content (AvgIpc) is 3.13. The number of carbonyl (C=O) groups is 1. The van der Waals surface area contributed by atoms with Gasteiger partial charge in [-0.25, -0.2) is 4.99 Å². The van der Waals surface area contributed by atoms with Crippen molar-refractivity contribution < 1.29 is 14.3 Å². The van der Waals surface area contributed by atoms with Crippen molar-refractivity contribution in [1.82, 2.24) is 5.32 Å². The van der Waals surface area contributed by atoms with Gasteiger partial charge in [0.15, 0.2) is 16.7 Å². The van der Waals surface area contributed by atoms with Gasteiger partial charge in [-0.05, 0) is 66.2 Å². The first-order chi connectivity index (χ1) is 15.6. The van der Waals surface area contributed by atoms with Crippen LogP contribution in [0, 0.1) is 0 Å². The summed E-state index contributed by atoms with van der Waals surface area (Å²) >= 11 is 7.21. The number of carbonyl (C=O) groups excluding carboxylic acids is 1. The zero-order valence-corrected chi connectivity index (χ0v) is 20.1. The van der Waals surface area contributed by atoms with Gasteiger partial charge in [-0.1, -0.05) is 56.7 Å². The fourth-order valence-electron chi connectivity index (χ4n) is 3.22. The second kappa shape index (κ2) is 12.6. The molecule has 1 amide bonds. The third-order valence-corrected chi connectivity index (χ3v) is 6.11. The molecule has 1 saturated heterocycles. The predicted molar refractivity (Wildman–Crippen MR) is 134 cm³/mol. The number of hydrogen-bond donors (Lipinski definition) is 1. The molecule has 3 rings (SSSR count). The van der Waals surface area contributed by atoms with Gasteiger partial charge in [0.05, 0.1) is 24.3 Å². The molecule has 0 saturated carbocycles. The van der Waals surface area contributed by atoms with Crippen LogP contribution in [0.15, 0.2) is 52.4 Å². The van der Waals surface area contributed by atoms with Gasteiger partial charge < -0.3 is 14.8 Å². The minimum Gasteiger partial charge on any atom is -0.493 e. The third kappa shape index (κ3) is 7.31. The standard InChI is InChI=1S/C25H29ClN2O3S/c1-3-4-5-6-7-8-15-31-21-14-9-18(16-22(21)30-2)17-23-24(29)28-25(32-23)27-20-12-10-19(26)11-13-20/h9-14,16-17H,3-8,15H2,1-2H3,(H,27,28,29)/b23-17+. The maximum absolute atomic E-state index is 12.4. The fourth-order valence-corrected chi connectivity index (χ4v) is 4.19. The summed E-state index contributed by atoms with van der Waals surface area (Å²) in [6, 6.07) is 12.8. The molecule has 32 heavy (non-hydrogen) atoms. The van der Waals surface area contributed by atoms with E-state index in [0.717, 1.165) is 23.4 Å². The molecular weight excluding hydrogens is 444 g/mol. The van der Waals surface area contributed by atoms with Gasteiger partial charge in [-0.15, -0.1) is 0 Å². The maximum atomic E-state index is 12.4. The third-order valence-electron chi connectivity index (χ3n) is 4.95. The van der Waals surface area contributed by atoms with Crippen molar-refractivity contribution >= 4 is 46.2 Å². The number of nitrogens with zero attached hydrogens (tertiary/aromatic N) is 1. The van der Waals surface area contributed by atoms with E-state index in [1.54, 1.807) is 31.4 Å². The largest absolute Gasteiger partial charge is 0.493 e. The molecular formula is C25H29ClN2O3S. The van der Waals surface area contributed by atoms with Crippen molar-refractivity contribution in [1.29, 1.82) is 0 Å². The number of nitrogens with one attached hydrogen (secondary N) is 1. The van der Waals surface area contributed by atoms with E-state index in [0.29, 0.717) is 27.5 Å². The minimum absolute atomic E-state index is 0.176. The van der Waals surface area contributed by atoms with Crippen LogP contribution < -0.4 is 14.8 Å². The van der Waals surface area contributed by atoms with Gasteiger partial charge in [-0.3, -0.25) is 4.79 Å². The molecule has 5 nitrogen and oxygen atoms in total. The number of aliphatic imine (C=N–C) groups is 1. The van der Waals surface area contributed by atoms with E-state index in [9.17, 15) is 4.79 Å². The molecule has 1 heterocycles. The average molecular weight is 473 g/mol.